The number of rotatable bonds is 1. The number of hydrogen-bond acceptors (Lipinski definition) is 2. The molecule has 3 aliphatic carbocycles. The summed E-state index contributed by atoms with van der Waals surface area (Å²) in [5.41, 5.74) is 5.08. The maximum absolute atomic E-state index is 7.27. The Kier molecular flexibility index (Phi) is 3.46. The Morgan fingerprint density at radius 3 is 2.97 bits per heavy atom. The van der Waals surface area contributed by atoms with Crippen molar-refractivity contribution in [3.05, 3.63) is 65.5 Å². The van der Waals surface area contributed by atoms with E-state index >= 15 is 0 Å². The van der Waals surface area contributed by atoms with Crippen LogP contribution in [-0.4, -0.2) is 16.2 Å². The minimum Gasteiger partial charge on any atom is -0.359 e. The van der Waals surface area contributed by atoms with Gasteiger partial charge in [0.05, 0.1) is 11.2 Å². The van der Waals surface area contributed by atoms with Crippen molar-refractivity contribution in [2.45, 2.75) is 81.8 Å². The Bertz CT molecular complexity index is 1110. The summed E-state index contributed by atoms with van der Waals surface area (Å²) in [6.45, 7) is 2.59. The molecule has 3 heterocycles. The quantitative estimate of drug-likeness (QED) is 0.524. The van der Waals surface area contributed by atoms with E-state index in [4.69, 9.17) is 4.74 Å². The van der Waals surface area contributed by atoms with E-state index in [0.29, 0.717) is 17.3 Å². The number of nitrogens with zero attached hydrogens (tertiary/aromatic N) is 1. The fraction of sp³-hybridized carbons (Fsp3) is 0.536. The number of aromatic nitrogens is 1. The highest BCUT2D eigenvalue weighted by molar-refractivity contribution is 5.82. The molecule has 0 amide bonds. The maximum Gasteiger partial charge on any atom is 0.0941 e. The van der Waals surface area contributed by atoms with E-state index in [-0.39, 0.29) is 11.2 Å². The molecule has 2 aromatic rings. The van der Waals surface area contributed by atoms with Crippen molar-refractivity contribution >= 4 is 10.8 Å². The zero-order valence-electron chi connectivity index (χ0n) is 18.0. The maximum atomic E-state index is 7.27. The van der Waals surface area contributed by atoms with Gasteiger partial charge in [-0.25, -0.2) is 0 Å². The summed E-state index contributed by atoms with van der Waals surface area (Å²) >= 11 is 0. The lowest BCUT2D eigenvalue weighted by Crippen LogP contribution is -2.54. The zero-order chi connectivity index (χ0) is 20.0. The molecule has 2 spiro atoms. The topological polar surface area (TPSA) is 22.1 Å². The Balaban J connectivity index is 1.31. The number of fused-ring (bicyclic) bond motifs is 2. The minimum absolute atomic E-state index is 0.0227. The van der Waals surface area contributed by atoms with Crippen LogP contribution < -0.4 is 0 Å². The van der Waals surface area contributed by atoms with Crippen LogP contribution in [0.25, 0.3) is 10.8 Å². The van der Waals surface area contributed by atoms with Crippen LogP contribution in [0.15, 0.2) is 60.0 Å². The van der Waals surface area contributed by atoms with E-state index in [1.165, 1.54) is 79.7 Å². The predicted molar refractivity (Wildman–Crippen MR) is 120 cm³/mol. The highest BCUT2D eigenvalue weighted by Crippen LogP contribution is 2.70. The smallest absolute Gasteiger partial charge is 0.0941 e. The van der Waals surface area contributed by atoms with Crippen LogP contribution in [0.4, 0.5) is 0 Å². The summed E-state index contributed by atoms with van der Waals surface area (Å²) in [7, 11) is 0. The van der Waals surface area contributed by atoms with Crippen molar-refractivity contribution in [2.24, 2.45) is 11.3 Å². The lowest BCUT2D eigenvalue weighted by atomic mass is 9.56. The Morgan fingerprint density at radius 1 is 1.03 bits per heavy atom. The molecule has 2 nitrogen and oxygen atoms in total. The average molecular weight is 398 g/mol. The fourth-order valence-electron chi connectivity index (χ4n) is 8.29. The van der Waals surface area contributed by atoms with Crippen molar-refractivity contribution in [1.29, 1.82) is 0 Å². The van der Waals surface area contributed by atoms with Crippen molar-refractivity contribution in [3.8, 4) is 0 Å². The molecule has 0 radical (unpaired) electrons. The molecule has 1 unspecified atom stereocenters. The number of pyridine rings is 1. The van der Waals surface area contributed by atoms with Crippen LogP contribution in [0.2, 0.25) is 0 Å². The first kappa shape index (κ1) is 17.7. The summed E-state index contributed by atoms with van der Waals surface area (Å²) in [5.74, 6) is 1.29. The summed E-state index contributed by atoms with van der Waals surface area (Å²) < 4.78 is 7.27. The van der Waals surface area contributed by atoms with Gasteiger partial charge in [-0.3, -0.25) is 4.98 Å². The van der Waals surface area contributed by atoms with Crippen LogP contribution in [0.5, 0.6) is 0 Å². The van der Waals surface area contributed by atoms with Gasteiger partial charge in [-0.15, -0.1) is 0 Å². The normalized spacial score (nSPS) is 41.6. The molecule has 5 aliphatic rings. The van der Waals surface area contributed by atoms with Gasteiger partial charge in [0.2, 0.25) is 0 Å². The number of ether oxygens (including phenoxy) is 1. The molecular weight excluding hydrogens is 366 g/mol. The lowest BCUT2D eigenvalue weighted by Gasteiger charge is -2.55. The third-order valence-corrected chi connectivity index (χ3v) is 9.73. The van der Waals surface area contributed by atoms with E-state index in [0.717, 1.165) is 0 Å². The van der Waals surface area contributed by atoms with Crippen LogP contribution in [0.1, 0.15) is 76.2 Å². The number of hydrogen-bond donors (Lipinski definition) is 0. The molecule has 1 aromatic carbocycles. The van der Waals surface area contributed by atoms with Gasteiger partial charge in [-0.05, 0) is 109 Å². The molecule has 154 valence electrons. The summed E-state index contributed by atoms with van der Waals surface area (Å²) in [5, 5.41) is 2.58. The van der Waals surface area contributed by atoms with Gasteiger partial charge in [0, 0.05) is 17.8 Å². The van der Waals surface area contributed by atoms with E-state index in [9.17, 15) is 0 Å². The van der Waals surface area contributed by atoms with Gasteiger partial charge in [-0.1, -0.05) is 31.2 Å². The van der Waals surface area contributed by atoms with Crippen molar-refractivity contribution < 1.29 is 4.74 Å². The second kappa shape index (κ2) is 5.85. The second-order valence-corrected chi connectivity index (χ2v) is 10.9. The second-order valence-electron chi connectivity index (χ2n) is 10.9. The molecule has 5 atom stereocenters. The van der Waals surface area contributed by atoms with Crippen molar-refractivity contribution in [1.82, 2.24) is 4.98 Å². The van der Waals surface area contributed by atoms with E-state index in [1.807, 2.05) is 12.4 Å². The monoisotopic (exact) mass is 397 g/mol. The summed E-state index contributed by atoms with van der Waals surface area (Å²) in [6, 6.07) is 9.24. The molecule has 0 N–H and O–H groups in total. The van der Waals surface area contributed by atoms with E-state index < -0.39 is 0 Å². The van der Waals surface area contributed by atoms with Crippen LogP contribution >= 0.6 is 0 Å². The number of benzene rings is 1. The predicted octanol–water partition coefficient (Wildman–Crippen LogP) is 6.87. The van der Waals surface area contributed by atoms with Gasteiger partial charge in [0.15, 0.2) is 0 Å². The zero-order valence-corrected chi connectivity index (χ0v) is 18.0. The molecule has 2 heteroatoms. The Hall–Kier alpha value is -1.93. The van der Waals surface area contributed by atoms with Gasteiger partial charge >= 0.3 is 0 Å². The van der Waals surface area contributed by atoms with Crippen LogP contribution in [0, 0.1) is 11.3 Å². The third kappa shape index (κ3) is 2.11. The molecule has 3 fully saturated rings. The first-order valence-electron chi connectivity index (χ1n) is 12.1. The number of allylic oxidation sites excluding steroid dienone is 1. The molecule has 7 rings (SSSR count). The molecular formula is C28H31NO. The molecule has 30 heavy (non-hydrogen) atoms. The molecule has 1 saturated heterocycles. The fourth-order valence-corrected chi connectivity index (χ4v) is 8.29. The summed E-state index contributed by atoms with van der Waals surface area (Å²) in [4.78, 5) is 4.37. The van der Waals surface area contributed by atoms with Gasteiger partial charge in [-0.2, -0.15) is 0 Å². The summed E-state index contributed by atoms with van der Waals surface area (Å²) in [6.07, 6.45) is 20.3. The van der Waals surface area contributed by atoms with Crippen molar-refractivity contribution in [2.75, 3.05) is 0 Å². The lowest BCUT2D eigenvalue weighted by molar-refractivity contribution is -0.140. The largest absolute Gasteiger partial charge is 0.359 e. The Morgan fingerprint density at radius 2 is 2.00 bits per heavy atom. The Labute approximate surface area is 179 Å². The first-order chi connectivity index (χ1) is 14.6. The van der Waals surface area contributed by atoms with Crippen LogP contribution in [0.3, 0.4) is 0 Å². The third-order valence-electron chi connectivity index (χ3n) is 9.73. The van der Waals surface area contributed by atoms with Crippen LogP contribution in [-0.2, 0) is 4.74 Å². The van der Waals surface area contributed by atoms with E-state index in [2.05, 4.69) is 48.3 Å². The molecule has 2 bridgehead atoms. The van der Waals surface area contributed by atoms with Crippen molar-refractivity contribution in [3.63, 3.8) is 0 Å². The van der Waals surface area contributed by atoms with Gasteiger partial charge in [0.25, 0.3) is 0 Å². The van der Waals surface area contributed by atoms with E-state index in [1.54, 1.807) is 5.57 Å². The molecule has 2 aliphatic heterocycles. The SMILES string of the molecule is CC12CCC3=CC4=CCCC[C@]45CC[C@]3(O5)[C@@H]1CC[C@@H]2c1ccc2ccncc2c1. The van der Waals surface area contributed by atoms with Gasteiger partial charge in [0.1, 0.15) is 0 Å². The molecule has 2 saturated carbocycles. The van der Waals surface area contributed by atoms with Gasteiger partial charge < -0.3 is 4.74 Å². The minimum atomic E-state index is 0.0227. The average Bonchev–Trinajstić information content (AvgIpc) is 3.29. The highest BCUT2D eigenvalue weighted by atomic mass is 16.5. The highest BCUT2D eigenvalue weighted by Gasteiger charge is 2.66. The first-order valence-corrected chi connectivity index (χ1v) is 12.1. The molecule has 1 aromatic heterocycles. The standard InChI is InChI=1S/C28H31NO/c1-26-12-9-23-17-22-4-2-3-11-27(22)13-14-28(23,30-27)25(26)8-7-24(26)20-6-5-19-10-15-29-18-21(19)16-20/h4-6,10,15-18,24-25H,2-3,7-9,11-14H2,1H3/t24-,25-,26?,27+,28-/m1/s1.